The van der Waals surface area contributed by atoms with Gasteiger partial charge in [0, 0.05) is 10.8 Å². The van der Waals surface area contributed by atoms with Gasteiger partial charge in [0.1, 0.15) is 9.79 Å². The highest BCUT2D eigenvalue weighted by molar-refractivity contribution is 7.86. The quantitative estimate of drug-likeness (QED) is 0.255. The van der Waals surface area contributed by atoms with Crippen molar-refractivity contribution in [2.24, 2.45) is 0 Å². The summed E-state index contributed by atoms with van der Waals surface area (Å²) in [5.41, 5.74) is 0. The van der Waals surface area contributed by atoms with E-state index in [1.165, 1.54) is 12.1 Å². The van der Waals surface area contributed by atoms with Crippen LogP contribution in [0.4, 0.5) is 0 Å². The van der Waals surface area contributed by atoms with Crippen LogP contribution in [0.1, 0.15) is 0 Å². The summed E-state index contributed by atoms with van der Waals surface area (Å²) in [6.07, 6.45) is 0. The molecule has 5 aromatic rings. The molecule has 0 radical (unpaired) electrons. The fourth-order valence-electron chi connectivity index (χ4n) is 4.11. The second-order valence-electron chi connectivity index (χ2n) is 6.63. The molecule has 0 fully saturated rings. The van der Waals surface area contributed by atoms with Crippen LogP contribution in [0.2, 0.25) is 0 Å². The Bertz CT molecular complexity index is 1510. The molecule has 6 nitrogen and oxygen atoms in total. The molecule has 0 spiro atoms. The van der Waals surface area contributed by atoms with Crippen molar-refractivity contribution in [1.29, 1.82) is 0 Å². The zero-order valence-electron chi connectivity index (χ0n) is 14.1. The molecule has 0 bridgehead atoms. The summed E-state index contributed by atoms with van der Waals surface area (Å²) >= 11 is 0. The molecule has 2 N–H and O–H groups in total. The number of hydrogen-bond acceptors (Lipinski definition) is 4. The summed E-state index contributed by atoms with van der Waals surface area (Å²) in [5, 5.41) is 5.01. The maximum atomic E-state index is 11.8. The first-order valence-corrected chi connectivity index (χ1v) is 11.1. The zero-order chi connectivity index (χ0) is 19.8. The van der Waals surface area contributed by atoms with E-state index in [4.69, 9.17) is 0 Å². The number of fused-ring (bicyclic) bond motifs is 2. The first-order valence-electron chi connectivity index (χ1n) is 8.25. The Kier molecular flexibility index (Phi) is 3.34. The number of hydrogen-bond donors (Lipinski definition) is 2. The van der Waals surface area contributed by atoms with Gasteiger partial charge in [-0.1, -0.05) is 48.5 Å². The van der Waals surface area contributed by atoms with Gasteiger partial charge < -0.3 is 0 Å². The molecular formula is C20H12O6S2. The third kappa shape index (κ3) is 2.26. The summed E-state index contributed by atoms with van der Waals surface area (Å²) in [4.78, 5) is -0.364. The molecule has 0 aliphatic rings. The molecule has 28 heavy (non-hydrogen) atoms. The average Bonchev–Trinajstić information content (AvgIpc) is 2.63. The van der Waals surface area contributed by atoms with Crippen molar-refractivity contribution in [3.05, 3.63) is 60.7 Å². The van der Waals surface area contributed by atoms with Crippen molar-refractivity contribution in [3.8, 4) is 0 Å². The molecule has 5 rings (SSSR count). The fraction of sp³-hybridized carbons (Fsp3) is 0. The third-order valence-corrected chi connectivity index (χ3v) is 6.96. The highest BCUT2D eigenvalue weighted by Gasteiger charge is 2.21. The van der Waals surface area contributed by atoms with E-state index in [1.54, 1.807) is 36.4 Å². The molecule has 5 aromatic carbocycles. The first-order chi connectivity index (χ1) is 13.2. The van der Waals surface area contributed by atoms with Gasteiger partial charge in [-0.05, 0) is 44.5 Å². The molecule has 8 heteroatoms. The molecule has 0 aromatic heterocycles. The third-order valence-electron chi connectivity index (χ3n) is 5.14. The molecule has 140 valence electrons. The molecular weight excluding hydrogens is 400 g/mol. The Hall–Kier alpha value is -2.78. The molecule has 0 atom stereocenters. The SMILES string of the molecule is O=S(=O)(O)c1ccc2c3ccc(S(=O)(=O)O)c4cccc(c5cccc1c52)c43. The second kappa shape index (κ2) is 5.39. The van der Waals surface area contributed by atoms with Gasteiger partial charge >= 0.3 is 0 Å². The van der Waals surface area contributed by atoms with Crippen molar-refractivity contribution in [3.63, 3.8) is 0 Å². The second-order valence-corrected chi connectivity index (χ2v) is 9.41. The summed E-state index contributed by atoms with van der Waals surface area (Å²) in [5.74, 6) is 0. The maximum absolute atomic E-state index is 11.8. The molecule has 0 unspecified atom stereocenters. The minimum Gasteiger partial charge on any atom is -0.282 e. The van der Waals surface area contributed by atoms with Gasteiger partial charge in [-0.25, -0.2) is 0 Å². The van der Waals surface area contributed by atoms with Crippen molar-refractivity contribution < 1.29 is 25.9 Å². The number of rotatable bonds is 2. The first kappa shape index (κ1) is 17.3. The largest absolute Gasteiger partial charge is 0.295 e. The van der Waals surface area contributed by atoms with Gasteiger partial charge in [0.05, 0.1) is 0 Å². The van der Waals surface area contributed by atoms with Crippen molar-refractivity contribution >= 4 is 63.3 Å². The van der Waals surface area contributed by atoms with Crippen LogP contribution >= 0.6 is 0 Å². The normalized spacial score (nSPS) is 13.2. The van der Waals surface area contributed by atoms with Crippen LogP contribution in [-0.4, -0.2) is 25.9 Å². The Balaban J connectivity index is 2.15. The molecule has 0 aliphatic carbocycles. The lowest BCUT2D eigenvalue weighted by Gasteiger charge is -2.16. The predicted octanol–water partition coefficient (Wildman–Crippen LogP) is 4.23. The van der Waals surface area contributed by atoms with Crippen LogP contribution in [0.3, 0.4) is 0 Å². The summed E-state index contributed by atoms with van der Waals surface area (Å²) in [7, 11) is -8.83. The molecule has 0 amide bonds. The van der Waals surface area contributed by atoms with Crippen LogP contribution < -0.4 is 0 Å². The van der Waals surface area contributed by atoms with Crippen LogP contribution in [0, 0.1) is 0 Å². The minimum atomic E-state index is -4.41. The lowest BCUT2D eigenvalue weighted by atomic mass is 9.90. The summed E-state index contributed by atoms with van der Waals surface area (Å²) in [6, 6.07) is 16.2. The van der Waals surface area contributed by atoms with Crippen molar-refractivity contribution in [2.45, 2.75) is 9.79 Å². The lowest BCUT2D eigenvalue weighted by Crippen LogP contribution is -2.01. The van der Waals surface area contributed by atoms with E-state index >= 15 is 0 Å². The van der Waals surface area contributed by atoms with E-state index in [-0.39, 0.29) is 9.79 Å². The highest BCUT2D eigenvalue weighted by atomic mass is 32.2. The minimum absolute atomic E-state index is 0.182. The van der Waals surface area contributed by atoms with Gasteiger partial charge in [-0.3, -0.25) is 9.11 Å². The molecule has 0 saturated carbocycles. The van der Waals surface area contributed by atoms with Gasteiger partial charge in [0.15, 0.2) is 0 Å². The molecule has 0 heterocycles. The van der Waals surface area contributed by atoms with E-state index in [1.807, 2.05) is 12.1 Å². The van der Waals surface area contributed by atoms with Crippen molar-refractivity contribution in [2.75, 3.05) is 0 Å². The van der Waals surface area contributed by atoms with Crippen molar-refractivity contribution in [1.82, 2.24) is 0 Å². The Morgan fingerprint density at radius 2 is 0.786 bits per heavy atom. The van der Waals surface area contributed by atoms with E-state index in [2.05, 4.69) is 0 Å². The smallest absolute Gasteiger partial charge is 0.282 e. The van der Waals surface area contributed by atoms with Gasteiger partial charge in [0.25, 0.3) is 20.2 Å². The van der Waals surface area contributed by atoms with E-state index in [9.17, 15) is 25.9 Å². The Morgan fingerprint density at radius 3 is 1.14 bits per heavy atom. The predicted molar refractivity (Wildman–Crippen MR) is 107 cm³/mol. The van der Waals surface area contributed by atoms with Crippen LogP contribution in [-0.2, 0) is 20.2 Å². The standard InChI is InChI=1S/C20H12O6S2/c21-27(22,23)17-9-7-13-14-8-10-18(28(24,25)26)16-6-2-4-12(20(14)16)11-3-1-5-15(17)19(11)13/h1-10H,(H,21,22,23)(H,24,25,26). The van der Waals surface area contributed by atoms with E-state index in [0.29, 0.717) is 21.5 Å². The van der Waals surface area contributed by atoms with Gasteiger partial charge in [0.2, 0.25) is 0 Å². The van der Waals surface area contributed by atoms with E-state index < -0.39 is 20.2 Å². The molecule has 0 saturated heterocycles. The van der Waals surface area contributed by atoms with Crippen LogP contribution in [0.5, 0.6) is 0 Å². The van der Waals surface area contributed by atoms with Gasteiger partial charge in [-0.15, -0.1) is 0 Å². The highest BCUT2D eigenvalue weighted by Crippen LogP contribution is 2.43. The van der Waals surface area contributed by atoms with Gasteiger partial charge in [-0.2, -0.15) is 16.8 Å². The Labute approximate surface area is 159 Å². The van der Waals surface area contributed by atoms with Crippen LogP contribution in [0.15, 0.2) is 70.5 Å². The fourth-order valence-corrected chi connectivity index (χ4v) is 5.48. The topological polar surface area (TPSA) is 109 Å². The monoisotopic (exact) mass is 412 g/mol. The van der Waals surface area contributed by atoms with Crippen LogP contribution in [0.25, 0.3) is 43.1 Å². The van der Waals surface area contributed by atoms with E-state index in [0.717, 1.165) is 21.5 Å². The lowest BCUT2D eigenvalue weighted by molar-refractivity contribution is 0.482. The summed E-state index contributed by atoms with van der Waals surface area (Å²) < 4.78 is 66.5. The summed E-state index contributed by atoms with van der Waals surface area (Å²) in [6.45, 7) is 0. The average molecular weight is 412 g/mol. The maximum Gasteiger partial charge on any atom is 0.295 e. The number of benzene rings is 5. The zero-order valence-corrected chi connectivity index (χ0v) is 15.8. The Morgan fingerprint density at radius 1 is 0.464 bits per heavy atom. The molecule has 0 aliphatic heterocycles.